The lowest BCUT2D eigenvalue weighted by Crippen LogP contribution is -2.27. The van der Waals surface area contributed by atoms with Gasteiger partial charge in [-0.05, 0) is 57.3 Å². The van der Waals surface area contributed by atoms with Crippen molar-refractivity contribution in [3.8, 4) is 0 Å². The number of carbonyl (C=O) groups excluding carboxylic acids is 1. The summed E-state index contributed by atoms with van der Waals surface area (Å²) in [6.07, 6.45) is 39.6. The lowest BCUT2D eigenvalue weighted by atomic mass is 10.0. The van der Waals surface area contributed by atoms with Crippen LogP contribution in [-0.2, 0) is 4.79 Å². The number of nitrogens with zero attached hydrogens (tertiary/aromatic N) is 1. The topological polar surface area (TPSA) is 20.3 Å². The zero-order valence-electron chi connectivity index (χ0n) is 23.9. The number of carbonyl (C=O) groups is 1. The van der Waals surface area contributed by atoms with Gasteiger partial charge in [0.1, 0.15) is 0 Å². The molecule has 0 radical (unpaired) electrons. The third kappa shape index (κ3) is 21.9. The lowest BCUT2D eigenvalue weighted by Gasteiger charge is -2.14. The fourth-order valence-corrected chi connectivity index (χ4v) is 5.10. The van der Waals surface area contributed by atoms with Crippen molar-refractivity contribution < 1.29 is 4.79 Å². The number of rotatable bonds is 24. The van der Waals surface area contributed by atoms with Gasteiger partial charge in [0.15, 0.2) is 0 Å². The molecule has 0 unspecified atom stereocenters. The first-order valence-corrected chi connectivity index (χ1v) is 15.8. The molecule has 1 rings (SSSR count). The van der Waals surface area contributed by atoms with Crippen molar-refractivity contribution in [2.45, 2.75) is 162 Å². The molecule has 1 saturated heterocycles. The maximum atomic E-state index is 12.0. The zero-order valence-corrected chi connectivity index (χ0v) is 23.9. The summed E-state index contributed by atoms with van der Waals surface area (Å²) >= 11 is 0. The Morgan fingerprint density at radius 3 is 1.46 bits per heavy atom. The predicted octanol–water partition coefficient (Wildman–Crippen LogP) is 10.6. The summed E-state index contributed by atoms with van der Waals surface area (Å²) in [5.74, 6) is 1.25. The van der Waals surface area contributed by atoms with E-state index in [1.807, 2.05) is 4.90 Å². The van der Waals surface area contributed by atoms with E-state index in [-0.39, 0.29) is 0 Å². The smallest absolute Gasteiger partial charge is 0.222 e. The highest BCUT2D eigenvalue weighted by Gasteiger charge is 2.16. The Bertz CT molecular complexity index is 515. The van der Waals surface area contributed by atoms with E-state index in [0.717, 1.165) is 51.1 Å². The monoisotopic (exact) mass is 487 g/mol. The van der Waals surface area contributed by atoms with Crippen molar-refractivity contribution in [2.24, 2.45) is 5.92 Å². The second-order valence-corrected chi connectivity index (χ2v) is 11.4. The molecule has 1 aliphatic heterocycles. The fraction of sp³-hybridized carbons (Fsp3) is 0.848. The van der Waals surface area contributed by atoms with E-state index in [1.165, 1.54) is 116 Å². The van der Waals surface area contributed by atoms with Gasteiger partial charge < -0.3 is 4.90 Å². The van der Waals surface area contributed by atoms with Crippen molar-refractivity contribution in [2.75, 3.05) is 13.1 Å². The zero-order chi connectivity index (χ0) is 25.2. The van der Waals surface area contributed by atoms with E-state index in [0.29, 0.717) is 5.91 Å². The molecular formula is C33H61NO. The Hall–Kier alpha value is -1.05. The average Bonchev–Trinajstić information content (AvgIpc) is 3.39. The summed E-state index contributed by atoms with van der Waals surface area (Å²) in [6.45, 7) is 6.65. The maximum absolute atomic E-state index is 12.0. The van der Waals surface area contributed by atoms with Gasteiger partial charge in [-0.15, -0.1) is 0 Å². The van der Waals surface area contributed by atoms with Crippen LogP contribution in [0.3, 0.4) is 0 Å². The van der Waals surface area contributed by atoms with E-state index in [9.17, 15) is 4.79 Å². The van der Waals surface area contributed by atoms with Crippen LogP contribution in [0.4, 0.5) is 0 Å². The number of hydrogen-bond acceptors (Lipinski definition) is 1. The SMILES string of the molecule is CC(C)CCCCCCCCCCCCCCCCC=CCCC=CCCCC(=O)N1CCCC1. The van der Waals surface area contributed by atoms with Gasteiger partial charge in [0, 0.05) is 19.5 Å². The van der Waals surface area contributed by atoms with Crippen LogP contribution in [0.5, 0.6) is 0 Å². The molecular weight excluding hydrogens is 426 g/mol. The van der Waals surface area contributed by atoms with Crippen LogP contribution in [-0.4, -0.2) is 23.9 Å². The third-order valence-electron chi connectivity index (χ3n) is 7.46. The van der Waals surface area contributed by atoms with E-state index < -0.39 is 0 Å². The van der Waals surface area contributed by atoms with Gasteiger partial charge in [-0.1, -0.05) is 128 Å². The second-order valence-electron chi connectivity index (χ2n) is 11.4. The van der Waals surface area contributed by atoms with Crippen LogP contribution < -0.4 is 0 Å². The van der Waals surface area contributed by atoms with Crippen molar-refractivity contribution in [1.82, 2.24) is 4.90 Å². The Morgan fingerprint density at radius 1 is 0.571 bits per heavy atom. The minimum absolute atomic E-state index is 0.364. The molecule has 0 saturated carbocycles. The number of likely N-dealkylation sites (tertiary alicyclic amines) is 1. The largest absolute Gasteiger partial charge is 0.343 e. The Kier molecular flexibility index (Phi) is 22.5. The summed E-state index contributed by atoms with van der Waals surface area (Å²) in [5.41, 5.74) is 0. The molecule has 0 aliphatic carbocycles. The highest BCUT2D eigenvalue weighted by Crippen LogP contribution is 2.15. The van der Waals surface area contributed by atoms with Gasteiger partial charge in [0.05, 0.1) is 0 Å². The highest BCUT2D eigenvalue weighted by atomic mass is 16.2. The van der Waals surface area contributed by atoms with Crippen LogP contribution in [0.1, 0.15) is 162 Å². The minimum Gasteiger partial charge on any atom is -0.343 e. The summed E-state index contributed by atoms with van der Waals surface area (Å²) in [5, 5.41) is 0. The van der Waals surface area contributed by atoms with Gasteiger partial charge in [-0.2, -0.15) is 0 Å². The average molecular weight is 488 g/mol. The summed E-state index contributed by atoms with van der Waals surface area (Å²) < 4.78 is 0. The Labute approximate surface area is 220 Å². The van der Waals surface area contributed by atoms with E-state index in [2.05, 4.69) is 38.2 Å². The third-order valence-corrected chi connectivity index (χ3v) is 7.46. The summed E-state index contributed by atoms with van der Waals surface area (Å²) in [7, 11) is 0. The molecule has 1 aliphatic rings. The van der Waals surface area contributed by atoms with Crippen molar-refractivity contribution in [3.63, 3.8) is 0 Å². The van der Waals surface area contributed by atoms with Crippen LogP contribution in [0, 0.1) is 5.92 Å². The molecule has 0 spiro atoms. The second kappa shape index (κ2) is 24.6. The first kappa shape index (κ1) is 32.0. The van der Waals surface area contributed by atoms with Gasteiger partial charge in [-0.3, -0.25) is 4.79 Å². The Morgan fingerprint density at radius 2 is 0.971 bits per heavy atom. The molecule has 2 nitrogen and oxygen atoms in total. The lowest BCUT2D eigenvalue weighted by molar-refractivity contribution is -0.130. The maximum Gasteiger partial charge on any atom is 0.222 e. The molecule has 2 heteroatoms. The summed E-state index contributed by atoms with van der Waals surface area (Å²) in [6, 6.07) is 0. The van der Waals surface area contributed by atoms with E-state index in [4.69, 9.17) is 0 Å². The van der Waals surface area contributed by atoms with Crippen molar-refractivity contribution >= 4 is 5.91 Å². The molecule has 0 aromatic rings. The predicted molar refractivity (Wildman–Crippen MR) is 156 cm³/mol. The highest BCUT2D eigenvalue weighted by molar-refractivity contribution is 5.76. The van der Waals surface area contributed by atoms with E-state index in [1.54, 1.807) is 0 Å². The standard InChI is InChI=1S/C33H61NO/c1-32(2)28-24-22-20-18-16-14-12-10-8-6-4-3-5-7-9-11-13-15-17-19-21-23-25-29-33(35)34-30-26-27-31-34/h11,13,19,21,32H,3-10,12,14-18,20,22-31H2,1-2H3. The molecule has 1 amide bonds. The van der Waals surface area contributed by atoms with Crippen molar-refractivity contribution in [3.05, 3.63) is 24.3 Å². The molecule has 1 fully saturated rings. The van der Waals surface area contributed by atoms with Gasteiger partial charge in [-0.25, -0.2) is 0 Å². The first-order valence-electron chi connectivity index (χ1n) is 15.8. The number of amides is 1. The van der Waals surface area contributed by atoms with Gasteiger partial charge in [0.2, 0.25) is 5.91 Å². The quantitative estimate of drug-likeness (QED) is 0.0979. The van der Waals surface area contributed by atoms with E-state index >= 15 is 0 Å². The Balaban J connectivity index is 1.71. The molecule has 1 heterocycles. The molecule has 0 N–H and O–H groups in total. The molecule has 0 atom stereocenters. The summed E-state index contributed by atoms with van der Waals surface area (Å²) in [4.78, 5) is 14.0. The van der Waals surface area contributed by atoms with Crippen LogP contribution in [0.25, 0.3) is 0 Å². The van der Waals surface area contributed by atoms with Gasteiger partial charge in [0.25, 0.3) is 0 Å². The molecule has 35 heavy (non-hydrogen) atoms. The molecule has 0 aromatic carbocycles. The normalized spacial score (nSPS) is 14.3. The number of allylic oxidation sites excluding steroid dienone is 4. The molecule has 0 aromatic heterocycles. The number of hydrogen-bond donors (Lipinski definition) is 0. The fourth-order valence-electron chi connectivity index (χ4n) is 5.10. The van der Waals surface area contributed by atoms with Gasteiger partial charge >= 0.3 is 0 Å². The van der Waals surface area contributed by atoms with Crippen LogP contribution in [0.15, 0.2) is 24.3 Å². The molecule has 0 bridgehead atoms. The van der Waals surface area contributed by atoms with Crippen LogP contribution >= 0.6 is 0 Å². The molecule has 204 valence electrons. The first-order chi connectivity index (χ1) is 17.2. The minimum atomic E-state index is 0.364. The number of unbranched alkanes of at least 4 members (excludes halogenated alkanes) is 16. The van der Waals surface area contributed by atoms with Crippen molar-refractivity contribution in [1.29, 1.82) is 0 Å². The van der Waals surface area contributed by atoms with Crippen LogP contribution in [0.2, 0.25) is 0 Å².